The van der Waals surface area contributed by atoms with Gasteiger partial charge in [-0.3, -0.25) is 9.89 Å². The largest absolute Gasteiger partial charge is 0.350 e. The molecule has 5 nitrogen and oxygen atoms in total. The third-order valence-electron chi connectivity index (χ3n) is 3.68. The average molecular weight is 340 g/mol. The van der Waals surface area contributed by atoms with Gasteiger partial charge in [-0.1, -0.05) is 6.07 Å². The molecule has 120 valence electrons. The van der Waals surface area contributed by atoms with Gasteiger partial charge in [-0.25, -0.2) is 4.39 Å². The van der Waals surface area contributed by atoms with Crippen molar-refractivity contribution in [3.8, 4) is 10.6 Å². The van der Waals surface area contributed by atoms with Crippen LogP contribution in [-0.4, -0.2) is 21.1 Å². The smallest absolute Gasteiger partial charge is 0.273 e. The van der Waals surface area contributed by atoms with E-state index >= 15 is 0 Å². The number of anilines is 1. The van der Waals surface area contributed by atoms with E-state index in [4.69, 9.17) is 0 Å². The van der Waals surface area contributed by atoms with Crippen molar-refractivity contribution in [2.24, 2.45) is 0 Å². The molecule has 0 fully saturated rings. The summed E-state index contributed by atoms with van der Waals surface area (Å²) in [6.07, 6.45) is 0. The highest BCUT2D eigenvalue weighted by atomic mass is 32.1. The normalized spacial score (nSPS) is 11.1. The maximum Gasteiger partial charge on any atom is 0.273 e. The molecule has 0 aliphatic heterocycles. The molecule has 7 heteroatoms. The summed E-state index contributed by atoms with van der Waals surface area (Å²) < 4.78 is 13.7. The van der Waals surface area contributed by atoms with Gasteiger partial charge in [0.25, 0.3) is 5.91 Å². The Hall–Kier alpha value is -2.93. The van der Waals surface area contributed by atoms with Crippen LogP contribution in [0.1, 0.15) is 15.4 Å². The van der Waals surface area contributed by atoms with Gasteiger partial charge >= 0.3 is 0 Å². The van der Waals surface area contributed by atoms with E-state index in [9.17, 15) is 9.18 Å². The van der Waals surface area contributed by atoms with Crippen LogP contribution in [0.4, 0.5) is 10.2 Å². The zero-order valence-electron chi connectivity index (χ0n) is 12.7. The molecule has 0 unspecified atom stereocenters. The van der Waals surface area contributed by atoms with Gasteiger partial charge in [0.05, 0.1) is 10.6 Å². The molecule has 3 N–H and O–H groups in total. The Morgan fingerprint density at radius 3 is 2.88 bits per heavy atom. The Bertz CT molecular complexity index is 1050. The van der Waals surface area contributed by atoms with E-state index in [0.717, 1.165) is 10.6 Å². The summed E-state index contributed by atoms with van der Waals surface area (Å²) in [5.41, 5.74) is 1.70. The minimum atomic E-state index is -0.369. The van der Waals surface area contributed by atoms with E-state index in [-0.39, 0.29) is 17.4 Å². The minimum absolute atomic E-state index is 0.284. The molecular formula is C17H13FN4OS. The van der Waals surface area contributed by atoms with Gasteiger partial charge in [-0.15, -0.1) is 11.3 Å². The number of nitrogens with one attached hydrogen (secondary N) is 3. The number of rotatable bonds is 3. The van der Waals surface area contributed by atoms with Crippen molar-refractivity contribution in [1.29, 1.82) is 0 Å². The summed E-state index contributed by atoms with van der Waals surface area (Å²) in [7, 11) is 0. The van der Waals surface area contributed by atoms with E-state index in [2.05, 4.69) is 20.5 Å². The SMILES string of the molecule is Cc1ccc(-c2cc(NC(=O)c3cc4c(F)cccc4[nH]3)n[nH]2)s1. The van der Waals surface area contributed by atoms with Crippen molar-refractivity contribution >= 4 is 34.0 Å². The van der Waals surface area contributed by atoms with Gasteiger partial charge in [0.2, 0.25) is 0 Å². The lowest BCUT2D eigenvalue weighted by molar-refractivity contribution is 0.102. The number of carbonyl (C=O) groups is 1. The van der Waals surface area contributed by atoms with Crippen LogP contribution in [0, 0.1) is 12.7 Å². The van der Waals surface area contributed by atoms with Crippen LogP contribution in [-0.2, 0) is 0 Å². The molecule has 1 aromatic carbocycles. The highest BCUT2D eigenvalue weighted by Crippen LogP contribution is 2.27. The molecule has 0 aliphatic rings. The fourth-order valence-electron chi connectivity index (χ4n) is 2.52. The Balaban J connectivity index is 1.57. The van der Waals surface area contributed by atoms with Crippen LogP contribution < -0.4 is 5.32 Å². The van der Waals surface area contributed by atoms with Crippen LogP contribution in [0.25, 0.3) is 21.5 Å². The number of H-pyrrole nitrogens is 2. The first-order valence-corrected chi connectivity index (χ1v) is 8.12. The number of nitrogens with zero attached hydrogens (tertiary/aromatic N) is 1. The van der Waals surface area contributed by atoms with E-state index in [0.29, 0.717) is 16.7 Å². The van der Waals surface area contributed by atoms with Crippen molar-refractivity contribution in [3.05, 3.63) is 58.9 Å². The molecule has 0 bridgehead atoms. The first kappa shape index (κ1) is 14.6. The second-order valence-electron chi connectivity index (χ2n) is 5.42. The average Bonchev–Trinajstić information content (AvgIpc) is 3.26. The number of hydrogen-bond donors (Lipinski definition) is 3. The summed E-state index contributed by atoms with van der Waals surface area (Å²) in [5, 5.41) is 10.1. The summed E-state index contributed by atoms with van der Waals surface area (Å²) in [5.74, 6) is -0.316. The lowest BCUT2D eigenvalue weighted by Gasteiger charge is -1.97. The topological polar surface area (TPSA) is 73.6 Å². The van der Waals surface area contributed by atoms with Gasteiger partial charge < -0.3 is 10.3 Å². The number of hydrogen-bond acceptors (Lipinski definition) is 3. The molecule has 3 heterocycles. The monoisotopic (exact) mass is 340 g/mol. The summed E-state index contributed by atoms with van der Waals surface area (Å²) in [6.45, 7) is 2.03. The number of fused-ring (bicyclic) bond motifs is 1. The zero-order valence-corrected chi connectivity index (χ0v) is 13.5. The number of aromatic amines is 2. The van der Waals surface area contributed by atoms with E-state index in [1.54, 1.807) is 29.5 Å². The van der Waals surface area contributed by atoms with Crippen LogP contribution in [0.2, 0.25) is 0 Å². The molecule has 4 aromatic rings. The number of aromatic nitrogens is 3. The molecule has 0 spiro atoms. The van der Waals surface area contributed by atoms with E-state index < -0.39 is 0 Å². The van der Waals surface area contributed by atoms with Gasteiger partial charge in [-0.05, 0) is 37.3 Å². The Labute approximate surface area is 140 Å². The Kier molecular flexibility index (Phi) is 3.42. The fourth-order valence-corrected chi connectivity index (χ4v) is 3.35. The van der Waals surface area contributed by atoms with Gasteiger partial charge in [-0.2, -0.15) is 5.10 Å². The quantitative estimate of drug-likeness (QED) is 0.520. The van der Waals surface area contributed by atoms with Crippen molar-refractivity contribution in [2.45, 2.75) is 6.92 Å². The fraction of sp³-hybridized carbons (Fsp3) is 0.0588. The van der Waals surface area contributed by atoms with Gasteiger partial charge in [0.15, 0.2) is 5.82 Å². The maximum absolute atomic E-state index is 13.7. The van der Waals surface area contributed by atoms with Crippen molar-refractivity contribution in [2.75, 3.05) is 5.32 Å². The van der Waals surface area contributed by atoms with E-state index in [1.165, 1.54) is 17.0 Å². The number of aryl methyl sites for hydroxylation is 1. The van der Waals surface area contributed by atoms with Crippen LogP contribution in [0.3, 0.4) is 0 Å². The molecule has 0 saturated carbocycles. The number of carbonyl (C=O) groups excluding carboxylic acids is 1. The minimum Gasteiger partial charge on any atom is -0.350 e. The molecule has 4 rings (SSSR count). The standard InChI is InChI=1S/C17H13FN4OS/c1-9-5-6-15(24-9)13-8-16(22-21-13)20-17(23)14-7-10-11(18)3-2-4-12(10)19-14/h2-8,19H,1H3,(H2,20,21,22,23). The molecule has 0 atom stereocenters. The first-order chi connectivity index (χ1) is 11.6. The highest BCUT2D eigenvalue weighted by molar-refractivity contribution is 7.15. The molecule has 24 heavy (non-hydrogen) atoms. The highest BCUT2D eigenvalue weighted by Gasteiger charge is 2.14. The second-order valence-corrected chi connectivity index (χ2v) is 6.70. The van der Waals surface area contributed by atoms with Crippen LogP contribution >= 0.6 is 11.3 Å². The van der Waals surface area contributed by atoms with Gasteiger partial charge in [0, 0.05) is 21.8 Å². The number of benzene rings is 1. The Morgan fingerprint density at radius 1 is 1.25 bits per heavy atom. The first-order valence-electron chi connectivity index (χ1n) is 7.31. The third kappa shape index (κ3) is 2.59. The van der Waals surface area contributed by atoms with Crippen LogP contribution in [0.5, 0.6) is 0 Å². The number of amides is 1. The zero-order chi connectivity index (χ0) is 16.7. The lowest BCUT2D eigenvalue weighted by atomic mass is 10.2. The van der Waals surface area contributed by atoms with Crippen molar-refractivity contribution in [3.63, 3.8) is 0 Å². The summed E-state index contributed by atoms with van der Waals surface area (Å²) in [4.78, 5) is 17.5. The van der Waals surface area contributed by atoms with Crippen molar-refractivity contribution in [1.82, 2.24) is 15.2 Å². The molecular weight excluding hydrogens is 327 g/mol. The van der Waals surface area contributed by atoms with Crippen LogP contribution in [0.15, 0.2) is 42.5 Å². The summed E-state index contributed by atoms with van der Waals surface area (Å²) >= 11 is 1.64. The lowest BCUT2D eigenvalue weighted by Crippen LogP contribution is -2.12. The molecule has 0 aliphatic carbocycles. The van der Waals surface area contributed by atoms with E-state index in [1.807, 2.05) is 19.1 Å². The van der Waals surface area contributed by atoms with Crippen molar-refractivity contribution < 1.29 is 9.18 Å². The number of halogens is 1. The summed E-state index contributed by atoms with van der Waals surface area (Å²) in [6, 6.07) is 12.0. The predicted octanol–water partition coefficient (Wildman–Crippen LogP) is 4.32. The Morgan fingerprint density at radius 2 is 2.12 bits per heavy atom. The molecule has 3 aromatic heterocycles. The van der Waals surface area contributed by atoms with Gasteiger partial charge in [0.1, 0.15) is 11.5 Å². The molecule has 0 radical (unpaired) electrons. The molecule has 1 amide bonds. The maximum atomic E-state index is 13.7. The number of thiophene rings is 1. The third-order valence-corrected chi connectivity index (χ3v) is 4.71. The molecule has 0 saturated heterocycles. The predicted molar refractivity (Wildman–Crippen MR) is 92.8 cm³/mol. The second kappa shape index (κ2) is 5.61.